The molecule has 4 heteroatoms. The molecule has 0 radical (unpaired) electrons. The van der Waals surface area contributed by atoms with Gasteiger partial charge in [0.25, 0.3) is 0 Å². The van der Waals surface area contributed by atoms with Crippen molar-refractivity contribution in [1.29, 1.82) is 0 Å². The molecule has 0 amide bonds. The van der Waals surface area contributed by atoms with Crippen molar-refractivity contribution in [2.24, 2.45) is 0 Å². The molecule has 1 aromatic rings. The van der Waals surface area contributed by atoms with E-state index in [1.54, 1.807) is 6.07 Å². The first-order chi connectivity index (χ1) is 8.18. The molecule has 0 bridgehead atoms. The Morgan fingerprint density at radius 2 is 2.06 bits per heavy atom. The number of nitrogens with zero attached hydrogens (tertiary/aromatic N) is 1. The van der Waals surface area contributed by atoms with Crippen LogP contribution in [0.15, 0.2) is 23.9 Å². The molecule has 0 aromatic carbocycles. The summed E-state index contributed by atoms with van der Waals surface area (Å²) in [6.45, 7) is 0. The van der Waals surface area contributed by atoms with E-state index >= 15 is 0 Å². The van der Waals surface area contributed by atoms with E-state index in [0.29, 0.717) is 15.7 Å². The minimum Gasteiger partial charge on any atom is -0.287 e. The van der Waals surface area contributed by atoms with Crippen LogP contribution in [0.5, 0.6) is 0 Å². The lowest BCUT2D eigenvalue weighted by atomic mass is 10.0. The zero-order valence-corrected chi connectivity index (χ0v) is 10.9. The molecule has 0 fully saturated rings. The highest BCUT2D eigenvalue weighted by Crippen LogP contribution is 2.25. The number of rotatable bonds is 2. The summed E-state index contributed by atoms with van der Waals surface area (Å²) in [7, 11) is 0. The third kappa shape index (κ3) is 3.08. The molecular weight excluding hydrogens is 257 g/mol. The van der Waals surface area contributed by atoms with Crippen LogP contribution in [0.2, 0.25) is 10.0 Å². The Kier molecular flexibility index (Phi) is 4.19. The van der Waals surface area contributed by atoms with Gasteiger partial charge in [-0.2, -0.15) is 0 Å². The number of allylic oxidation sites excluding steroid dienone is 2. The molecule has 1 aliphatic rings. The van der Waals surface area contributed by atoms with Crippen molar-refractivity contribution < 1.29 is 4.79 Å². The lowest BCUT2D eigenvalue weighted by Gasteiger charge is -2.05. The van der Waals surface area contributed by atoms with Crippen molar-refractivity contribution in [2.45, 2.75) is 32.1 Å². The summed E-state index contributed by atoms with van der Waals surface area (Å²) in [5.74, 6) is -0.0615. The Hall–Kier alpha value is -0.860. The van der Waals surface area contributed by atoms with Gasteiger partial charge in [0.1, 0.15) is 5.69 Å². The highest BCUT2D eigenvalue weighted by Gasteiger charge is 2.18. The lowest BCUT2D eigenvalue weighted by Crippen LogP contribution is -2.06. The first kappa shape index (κ1) is 12.6. The third-order valence-corrected chi connectivity index (χ3v) is 3.35. The summed E-state index contributed by atoms with van der Waals surface area (Å²) in [5, 5.41) is 0.772. The fraction of sp³-hybridized carbons (Fsp3) is 0.385. The average molecular weight is 270 g/mol. The molecule has 0 aliphatic heterocycles. The Bertz CT molecular complexity index is 468. The van der Waals surface area contributed by atoms with Crippen molar-refractivity contribution in [3.05, 3.63) is 39.7 Å². The number of Topliss-reactive ketones (excluding diaryl/α,β-unsaturated/α-hetero) is 1. The van der Waals surface area contributed by atoms with Crippen molar-refractivity contribution in [3.8, 4) is 0 Å². The molecule has 90 valence electrons. The van der Waals surface area contributed by atoms with E-state index in [0.717, 1.165) is 31.3 Å². The highest BCUT2D eigenvalue weighted by molar-refractivity contribution is 6.37. The van der Waals surface area contributed by atoms with Gasteiger partial charge in [0.2, 0.25) is 5.78 Å². The molecule has 2 nitrogen and oxygen atoms in total. The van der Waals surface area contributed by atoms with E-state index in [2.05, 4.69) is 4.98 Å². The van der Waals surface area contributed by atoms with E-state index in [4.69, 9.17) is 23.2 Å². The number of pyridine rings is 1. The number of halogens is 2. The van der Waals surface area contributed by atoms with Crippen LogP contribution in [0.4, 0.5) is 0 Å². The second kappa shape index (κ2) is 5.65. The molecule has 0 atom stereocenters. The maximum atomic E-state index is 12.2. The van der Waals surface area contributed by atoms with Gasteiger partial charge in [-0.1, -0.05) is 35.7 Å². The van der Waals surface area contributed by atoms with Crippen LogP contribution < -0.4 is 0 Å². The van der Waals surface area contributed by atoms with Gasteiger partial charge < -0.3 is 0 Å². The maximum absolute atomic E-state index is 12.2. The largest absolute Gasteiger partial charge is 0.287 e. The average Bonchev–Trinajstić information content (AvgIpc) is 2.56. The predicted octanol–water partition coefficient (Wildman–Crippen LogP) is 4.46. The van der Waals surface area contributed by atoms with Crippen LogP contribution in [0.3, 0.4) is 0 Å². The van der Waals surface area contributed by atoms with E-state index in [1.165, 1.54) is 12.6 Å². The standard InChI is InChI=1S/C13H13Cl2NO/c14-10-7-11(15)12(16-8-10)13(17)9-5-3-1-2-4-6-9/h5,7-8H,1-4,6H2. The second-order valence-corrected chi connectivity index (χ2v) is 4.99. The normalized spacial score (nSPS) is 16.2. The molecule has 0 N–H and O–H groups in total. The maximum Gasteiger partial charge on any atom is 0.208 e. The van der Waals surface area contributed by atoms with Crippen molar-refractivity contribution in [1.82, 2.24) is 4.98 Å². The van der Waals surface area contributed by atoms with Crippen LogP contribution in [-0.2, 0) is 0 Å². The fourth-order valence-electron chi connectivity index (χ4n) is 1.95. The second-order valence-electron chi connectivity index (χ2n) is 4.14. The smallest absolute Gasteiger partial charge is 0.208 e. The molecule has 0 unspecified atom stereocenters. The molecule has 1 aliphatic carbocycles. The molecular formula is C13H13Cl2NO. The number of hydrogen-bond donors (Lipinski definition) is 0. The van der Waals surface area contributed by atoms with Crippen LogP contribution in [0, 0.1) is 0 Å². The minimum absolute atomic E-state index is 0.0615. The van der Waals surface area contributed by atoms with Gasteiger partial charge in [0, 0.05) is 6.20 Å². The van der Waals surface area contributed by atoms with Gasteiger partial charge in [0.05, 0.1) is 10.0 Å². The van der Waals surface area contributed by atoms with Crippen molar-refractivity contribution in [2.75, 3.05) is 0 Å². The summed E-state index contributed by atoms with van der Waals surface area (Å²) in [4.78, 5) is 16.3. The van der Waals surface area contributed by atoms with Gasteiger partial charge in [-0.15, -0.1) is 0 Å². The monoisotopic (exact) mass is 269 g/mol. The summed E-state index contributed by atoms with van der Waals surface area (Å²) < 4.78 is 0. The van der Waals surface area contributed by atoms with Crippen LogP contribution in [-0.4, -0.2) is 10.8 Å². The van der Waals surface area contributed by atoms with Crippen molar-refractivity contribution >= 4 is 29.0 Å². The highest BCUT2D eigenvalue weighted by atomic mass is 35.5. The first-order valence-electron chi connectivity index (χ1n) is 5.73. The fourth-order valence-corrected chi connectivity index (χ4v) is 2.42. The quantitative estimate of drug-likeness (QED) is 0.742. The van der Waals surface area contributed by atoms with E-state index < -0.39 is 0 Å². The van der Waals surface area contributed by atoms with Crippen LogP contribution in [0.1, 0.15) is 42.6 Å². The van der Waals surface area contributed by atoms with E-state index in [9.17, 15) is 4.79 Å². The topological polar surface area (TPSA) is 30.0 Å². The van der Waals surface area contributed by atoms with Crippen LogP contribution in [0.25, 0.3) is 0 Å². The number of hydrogen-bond acceptors (Lipinski definition) is 2. The number of carbonyl (C=O) groups excluding carboxylic acids is 1. The van der Waals surface area contributed by atoms with Crippen molar-refractivity contribution in [3.63, 3.8) is 0 Å². The Balaban J connectivity index is 2.27. The molecule has 1 heterocycles. The summed E-state index contributed by atoms with van der Waals surface area (Å²) in [6, 6.07) is 1.56. The third-order valence-electron chi connectivity index (χ3n) is 2.86. The first-order valence-corrected chi connectivity index (χ1v) is 6.49. The van der Waals surface area contributed by atoms with Gasteiger partial charge in [0.15, 0.2) is 0 Å². The summed E-state index contributed by atoms with van der Waals surface area (Å²) >= 11 is 11.8. The van der Waals surface area contributed by atoms with Gasteiger partial charge in [-0.3, -0.25) is 4.79 Å². The zero-order chi connectivity index (χ0) is 12.3. The molecule has 1 aromatic heterocycles. The number of ketones is 1. The van der Waals surface area contributed by atoms with E-state index in [-0.39, 0.29) is 5.78 Å². The minimum atomic E-state index is -0.0615. The van der Waals surface area contributed by atoms with Gasteiger partial charge in [-0.05, 0) is 37.3 Å². The molecule has 2 rings (SSSR count). The SMILES string of the molecule is O=C(C1=CCCCCC1)c1ncc(Cl)cc1Cl. The summed E-state index contributed by atoms with van der Waals surface area (Å²) in [5.41, 5.74) is 1.14. The summed E-state index contributed by atoms with van der Waals surface area (Å²) in [6.07, 6.45) is 8.64. The number of carbonyl (C=O) groups is 1. The Morgan fingerprint density at radius 1 is 1.24 bits per heavy atom. The van der Waals surface area contributed by atoms with Gasteiger partial charge in [-0.25, -0.2) is 4.98 Å². The van der Waals surface area contributed by atoms with E-state index in [1.807, 2.05) is 6.08 Å². The van der Waals surface area contributed by atoms with Crippen LogP contribution >= 0.6 is 23.2 Å². The molecule has 17 heavy (non-hydrogen) atoms. The predicted molar refractivity (Wildman–Crippen MR) is 69.8 cm³/mol. The lowest BCUT2D eigenvalue weighted by molar-refractivity contribution is 0.102. The molecule has 0 saturated carbocycles. The molecule has 0 saturated heterocycles. The Labute approximate surface area is 111 Å². The Morgan fingerprint density at radius 3 is 2.82 bits per heavy atom. The number of aromatic nitrogens is 1. The van der Waals surface area contributed by atoms with Gasteiger partial charge >= 0.3 is 0 Å². The zero-order valence-electron chi connectivity index (χ0n) is 9.38. The molecule has 0 spiro atoms.